The molecule has 94 valence electrons. The van der Waals surface area contributed by atoms with Crippen LogP contribution in [-0.2, 0) is 10.5 Å². The lowest BCUT2D eigenvalue weighted by Gasteiger charge is -2.11. The van der Waals surface area contributed by atoms with Crippen molar-refractivity contribution in [2.24, 2.45) is 0 Å². The summed E-state index contributed by atoms with van der Waals surface area (Å²) in [6.45, 7) is 4.09. The topological polar surface area (TPSA) is 29.1 Å². The monoisotopic (exact) mass is 315 g/mol. The van der Waals surface area contributed by atoms with Gasteiger partial charge in [-0.05, 0) is 25.0 Å². The van der Waals surface area contributed by atoms with Gasteiger partial charge in [-0.1, -0.05) is 41.1 Å². The lowest BCUT2D eigenvalue weighted by Crippen LogP contribution is -2.33. The van der Waals surface area contributed by atoms with E-state index in [0.717, 1.165) is 16.6 Å². The summed E-state index contributed by atoms with van der Waals surface area (Å²) in [5.74, 6) is 1.50. The molecule has 0 saturated heterocycles. The fourth-order valence-electron chi connectivity index (χ4n) is 1.29. The zero-order valence-electron chi connectivity index (χ0n) is 10.2. The van der Waals surface area contributed by atoms with Crippen molar-refractivity contribution in [2.75, 3.05) is 5.75 Å². The van der Waals surface area contributed by atoms with Crippen LogP contribution in [0.25, 0.3) is 0 Å². The maximum Gasteiger partial charge on any atom is 0.230 e. The third kappa shape index (κ3) is 5.59. The van der Waals surface area contributed by atoms with E-state index in [2.05, 4.69) is 34.2 Å². The van der Waals surface area contributed by atoms with E-state index in [1.165, 1.54) is 5.56 Å². The molecular weight excluding hydrogens is 298 g/mol. The Morgan fingerprint density at radius 1 is 1.47 bits per heavy atom. The zero-order chi connectivity index (χ0) is 12.7. The van der Waals surface area contributed by atoms with E-state index in [1.807, 2.05) is 25.1 Å². The van der Waals surface area contributed by atoms with Crippen LogP contribution in [0.2, 0.25) is 0 Å². The highest BCUT2D eigenvalue weighted by Gasteiger charge is 2.06. The average Bonchev–Trinajstić information content (AvgIpc) is 2.31. The van der Waals surface area contributed by atoms with Gasteiger partial charge in [0.15, 0.2) is 0 Å². The number of hydrogen-bond acceptors (Lipinski definition) is 2. The quantitative estimate of drug-likeness (QED) is 0.869. The molecule has 1 rings (SSSR count). The molecule has 1 amide bonds. The number of carbonyl (C=O) groups is 1. The van der Waals surface area contributed by atoms with E-state index in [1.54, 1.807) is 11.8 Å². The second-order valence-corrected chi connectivity index (χ2v) is 5.80. The van der Waals surface area contributed by atoms with Crippen molar-refractivity contribution in [1.29, 1.82) is 0 Å². The second kappa shape index (κ2) is 7.77. The van der Waals surface area contributed by atoms with E-state index in [0.29, 0.717) is 5.75 Å². The zero-order valence-corrected chi connectivity index (χ0v) is 12.6. The van der Waals surface area contributed by atoms with Gasteiger partial charge in [-0.15, -0.1) is 11.8 Å². The molecule has 0 heterocycles. The molecule has 0 aliphatic heterocycles. The summed E-state index contributed by atoms with van der Waals surface area (Å²) in [6, 6.07) is 8.37. The minimum absolute atomic E-state index is 0.122. The Hall–Kier alpha value is -0.480. The Morgan fingerprint density at radius 2 is 2.18 bits per heavy atom. The van der Waals surface area contributed by atoms with Gasteiger partial charge in [-0.25, -0.2) is 0 Å². The Bertz CT molecular complexity index is 370. The number of halogens is 1. The highest BCUT2D eigenvalue weighted by molar-refractivity contribution is 9.10. The van der Waals surface area contributed by atoms with Crippen LogP contribution >= 0.6 is 27.7 Å². The first-order valence-corrected chi connectivity index (χ1v) is 7.68. The first-order valence-electron chi connectivity index (χ1n) is 5.74. The van der Waals surface area contributed by atoms with E-state index in [4.69, 9.17) is 0 Å². The molecule has 0 spiro atoms. The third-order valence-corrected chi connectivity index (χ3v) is 4.22. The van der Waals surface area contributed by atoms with Crippen LogP contribution in [0.5, 0.6) is 0 Å². The Morgan fingerprint density at radius 3 is 2.82 bits per heavy atom. The molecule has 0 aliphatic rings. The predicted octanol–water partition coefficient (Wildman–Crippen LogP) is 3.60. The SMILES string of the molecule is CC[C@H](C)NC(=O)CSCc1ccccc1Br. The summed E-state index contributed by atoms with van der Waals surface area (Å²) in [5, 5.41) is 2.96. The van der Waals surface area contributed by atoms with Crippen LogP contribution in [0.15, 0.2) is 28.7 Å². The Kier molecular flexibility index (Phi) is 6.66. The average molecular weight is 316 g/mol. The number of carbonyl (C=O) groups excluding carboxylic acids is 1. The molecule has 0 fully saturated rings. The minimum Gasteiger partial charge on any atom is -0.353 e. The van der Waals surface area contributed by atoms with Gasteiger partial charge in [-0.2, -0.15) is 0 Å². The minimum atomic E-state index is 0.122. The summed E-state index contributed by atoms with van der Waals surface area (Å²) in [4.78, 5) is 11.5. The van der Waals surface area contributed by atoms with Crippen molar-refractivity contribution in [2.45, 2.75) is 32.1 Å². The molecule has 1 aromatic carbocycles. The van der Waals surface area contributed by atoms with E-state index in [9.17, 15) is 4.79 Å². The van der Waals surface area contributed by atoms with E-state index in [-0.39, 0.29) is 11.9 Å². The van der Waals surface area contributed by atoms with Crippen molar-refractivity contribution in [3.8, 4) is 0 Å². The first-order chi connectivity index (χ1) is 8.13. The number of amides is 1. The second-order valence-electron chi connectivity index (χ2n) is 3.96. The van der Waals surface area contributed by atoms with Gasteiger partial charge in [0, 0.05) is 16.3 Å². The maximum atomic E-state index is 11.5. The summed E-state index contributed by atoms with van der Waals surface area (Å²) < 4.78 is 1.11. The van der Waals surface area contributed by atoms with Crippen molar-refractivity contribution >= 4 is 33.6 Å². The Balaban J connectivity index is 2.29. The summed E-state index contributed by atoms with van der Waals surface area (Å²) in [5.41, 5.74) is 1.23. The summed E-state index contributed by atoms with van der Waals surface area (Å²) >= 11 is 5.14. The lowest BCUT2D eigenvalue weighted by molar-refractivity contribution is -0.119. The maximum absolute atomic E-state index is 11.5. The van der Waals surface area contributed by atoms with Crippen molar-refractivity contribution in [3.63, 3.8) is 0 Å². The predicted molar refractivity (Wildman–Crippen MR) is 78.2 cm³/mol. The lowest BCUT2D eigenvalue weighted by atomic mass is 10.2. The molecule has 1 aromatic rings. The van der Waals surface area contributed by atoms with E-state index < -0.39 is 0 Å². The van der Waals surface area contributed by atoms with Gasteiger partial charge >= 0.3 is 0 Å². The molecule has 0 unspecified atom stereocenters. The molecule has 0 saturated carbocycles. The van der Waals surface area contributed by atoms with Gasteiger partial charge in [0.25, 0.3) is 0 Å². The van der Waals surface area contributed by atoms with Gasteiger partial charge < -0.3 is 5.32 Å². The summed E-state index contributed by atoms with van der Waals surface area (Å²) in [7, 11) is 0. The summed E-state index contributed by atoms with van der Waals surface area (Å²) in [6.07, 6.45) is 0.973. The molecule has 1 atom stereocenters. The highest BCUT2D eigenvalue weighted by atomic mass is 79.9. The van der Waals surface area contributed by atoms with Crippen LogP contribution in [0, 0.1) is 0 Å². The normalized spacial score (nSPS) is 12.2. The number of thioether (sulfide) groups is 1. The Labute approximate surface area is 116 Å². The smallest absolute Gasteiger partial charge is 0.230 e. The van der Waals surface area contributed by atoms with Gasteiger partial charge in [0.1, 0.15) is 0 Å². The molecule has 2 nitrogen and oxygen atoms in total. The molecule has 0 bridgehead atoms. The van der Waals surface area contributed by atoms with Gasteiger partial charge in [0.2, 0.25) is 5.91 Å². The number of nitrogens with one attached hydrogen (secondary N) is 1. The fraction of sp³-hybridized carbons (Fsp3) is 0.462. The van der Waals surface area contributed by atoms with Crippen molar-refractivity contribution in [3.05, 3.63) is 34.3 Å². The molecule has 0 radical (unpaired) electrons. The first kappa shape index (κ1) is 14.6. The molecular formula is C13H18BrNOS. The highest BCUT2D eigenvalue weighted by Crippen LogP contribution is 2.21. The van der Waals surface area contributed by atoms with Crippen LogP contribution in [-0.4, -0.2) is 17.7 Å². The molecule has 1 N–H and O–H groups in total. The third-order valence-electron chi connectivity index (χ3n) is 2.47. The van der Waals surface area contributed by atoms with Crippen LogP contribution in [0.1, 0.15) is 25.8 Å². The van der Waals surface area contributed by atoms with E-state index >= 15 is 0 Å². The van der Waals surface area contributed by atoms with Crippen LogP contribution in [0.4, 0.5) is 0 Å². The number of hydrogen-bond donors (Lipinski definition) is 1. The number of rotatable bonds is 6. The fourth-order valence-corrected chi connectivity index (χ4v) is 2.74. The van der Waals surface area contributed by atoms with Crippen LogP contribution in [0.3, 0.4) is 0 Å². The molecule has 0 aliphatic carbocycles. The molecule has 0 aromatic heterocycles. The van der Waals surface area contributed by atoms with Crippen LogP contribution < -0.4 is 5.32 Å². The molecule has 17 heavy (non-hydrogen) atoms. The molecule has 4 heteroatoms. The van der Waals surface area contributed by atoms with Crippen molar-refractivity contribution < 1.29 is 4.79 Å². The standard InChI is InChI=1S/C13H18BrNOS/c1-3-10(2)15-13(16)9-17-8-11-6-4-5-7-12(11)14/h4-7,10H,3,8-9H2,1-2H3,(H,15,16)/t10-/m0/s1. The van der Waals surface area contributed by atoms with Gasteiger partial charge in [-0.3, -0.25) is 4.79 Å². The largest absolute Gasteiger partial charge is 0.353 e. The van der Waals surface area contributed by atoms with Gasteiger partial charge in [0.05, 0.1) is 5.75 Å². The number of benzene rings is 1. The van der Waals surface area contributed by atoms with Crippen molar-refractivity contribution in [1.82, 2.24) is 5.32 Å².